The van der Waals surface area contributed by atoms with Gasteiger partial charge in [0.25, 0.3) is 0 Å². The first-order valence-electron chi connectivity index (χ1n) is 12.7. The molecule has 3 aliphatic rings. The van der Waals surface area contributed by atoms with Crippen molar-refractivity contribution in [3.8, 4) is 0 Å². The maximum atomic E-state index is 13.9. The molecular formula is C26H40N2O6. The fourth-order valence-corrected chi connectivity index (χ4v) is 5.82. The first-order valence-corrected chi connectivity index (χ1v) is 12.7. The predicted molar refractivity (Wildman–Crippen MR) is 128 cm³/mol. The smallest absolute Gasteiger partial charge is 0.312 e. The molecule has 3 saturated heterocycles. The van der Waals surface area contributed by atoms with Crippen molar-refractivity contribution >= 4 is 17.8 Å². The molecule has 3 aliphatic heterocycles. The van der Waals surface area contributed by atoms with Gasteiger partial charge in [0.15, 0.2) is 0 Å². The van der Waals surface area contributed by atoms with Crippen molar-refractivity contribution in [3.05, 3.63) is 25.3 Å². The lowest BCUT2D eigenvalue weighted by atomic mass is 9.70. The van der Waals surface area contributed by atoms with Gasteiger partial charge in [0, 0.05) is 26.2 Å². The quantitative estimate of drug-likeness (QED) is 0.222. The molecule has 0 aromatic heterocycles. The summed E-state index contributed by atoms with van der Waals surface area (Å²) >= 11 is 0. The number of nitrogens with zero attached hydrogens (tertiary/aromatic N) is 2. The van der Waals surface area contributed by atoms with Gasteiger partial charge in [0.05, 0.1) is 24.5 Å². The van der Waals surface area contributed by atoms with Gasteiger partial charge in [-0.3, -0.25) is 14.4 Å². The molecule has 0 radical (unpaired) electrons. The van der Waals surface area contributed by atoms with Crippen LogP contribution in [0.15, 0.2) is 25.3 Å². The van der Waals surface area contributed by atoms with E-state index >= 15 is 0 Å². The van der Waals surface area contributed by atoms with E-state index < -0.39 is 35.6 Å². The van der Waals surface area contributed by atoms with E-state index in [0.29, 0.717) is 51.7 Å². The number of hydrogen-bond acceptors (Lipinski definition) is 6. The minimum Gasteiger partial charge on any atom is -0.465 e. The molecule has 8 nitrogen and oxygen atoms in total. The Labute approximate surface area is 202 Å². The maximum absolute atomic E-state index is 13.9. The average molecular weight is 477 g/mol. The number of carbonyl (C=O) groups is 3. The van der Waals surface area contributed by atoms with Gasteiger partial charge in [0.1, 0.15) is 11.6 Å². The summed E-state index contributed by atoms with van der Waals surface area (Å²) in [4.78, 5) is 44.1. The highest BCUT2D eigenvalue weighted by atomic mass is 16.6. The standard InChI is InChI=1S/C26H40N2O6/c1-4-7-15-27(14-6-3)24(31)22-26-13-12-19(34-26)20(25(32)33-18-8-5-2)21(26)23(30)28(22)16-10-9-11-17-29/h5-6,19-22,29H,2-4,7-18H2,1H3/t19-,20+,21-,22?,26?/m0/s1. The Morgan fingerprint density at radius 3 is 2.74 bits per heavy atom. The number of carbonyl (C=O) groups excluding carboxylic acids is 3. The van der Waals surface area contributed by atoms with Crippen molar-refractivity contribution in [1.82, 2.24) is 9.80 Å². The van der Waals surface area contributed by atoms with Crippen LogP contribution >= 0.6 is 0 Å². The highest BCUT2D eigenvalue weighted by Gasteiger charge is 2.74. The SMILES string of the molecule is C=CCCOC(=O)[C@@H]1[C@@H]2CCC3(O2)C(C(=O)N(CC=C)CCCC)N(CCCCCO)C(=O)[C@H]13. The first kappa shape index (κ1) is 26.4. The summed E-state index contributed by atoms with van der Waals surface area (Å²) in [5.41, 5.74) is -0.996. The van der Waals surface area contributed by atoms with Gasteiger partial charge < -0.3 is 24.4 Å². The Morgan fingerprint density at radius 2 is 2.06 bits per heavy atom. The number of ether oxygens (including phenoxy) is 2. The third kappa shape index (κ3) is 4.93. The second-order valence-electron chi connectivity index (χ2n) is 9.54. The van der Waals surface area contributed by atoms with Gasteiger partial charge >= 0.3 is 5.97 Å². The zero-order chi connectivity index (χ0) is 24.7. The Morgan fingerprint density at radius 1 is 1.26 bits per heavy atom. The van der Waals surface area contributed by atoms with Crippen LogP contribution in [0.4, 0.5) is 0 Å². The monoisotopic (exact) mass is 476 g/mol. The number of unbranched alkanes of at least 4 members (excludes halogenated alkanes) is 3. The molecular weight excluding hydrogens is 436 g/mol. The van der Waals surface area contributed by atoms with E-state index in [4.69, 9.17) is 14.6 Å². The van der Waals surface area contributed by atoms with Crippen molar-refractivity contribution < 1.29 is 29.0 Å². The summed E-state index contributed by atoms with van der Waals surface area (Å²) in [5, 5.41) is 9.14. The van der Waals surface area contributed by atoms with Gasteiger partial charge in [-0.2, -0.15) is 0 Å². The van der Waals surface area contributed by atoms with Crippen molar-refractivity contribution in [1.29, 1.82) is 0 Å². The molecule has 0 saturated carbocycles. The Kier molecular flexibility index (Phi) is 9.31. The first-order chi connectivity index (χ1) is 16.5. The fraction of sp³-hybridized carbons (Fsp3) is 0.731. The molecule has 3 heterocycles. The molecule has 3 rings (SSSR count). The molecule has 1 spiro atoms. The van der Waals surface area contributed by atoms with Gasteiger partial charge in [-0.15, -0.1) is 13.2 Å². The highest BCUT2D eigenvalue weighted by Crippen LogP contribution is 2.58. The van der Waals surface area contributed by atoms with E-state index in [2.05, 4.69) is 20.1 Å². The minimum absolute atomic E-state index is 0.0937. The molecule has 2 unspecified atom stereocenters. The van der Waals surface area contributed by atoms with Crippen LogP contribution < -0.4 is 0 Å². The number of amides is 2. The Bertz CT molecular complexity index is 770. The van der Waals surface area contributed by atoms with Crippen molar-refractivity contribution in [2.45, 2.75) is 76.0 Å². The predicted octanol–water partition coefficient (Wildman–Crippen LogP) is 2.46. The van der Waals surface area contributed by atoms with Crippen molar-refractivity contribution in [2.24, 2.45) is 11.8 Å². The van der Waals surface area contributed by atoms with E-state index in [1.807, 2.05) is 0 Å². The fourth-order valence-electron chi connectivity index (χ4n) is 5.82. The summed E-state index contributed by atoms with van der Waals surface area (Å²) in [7, 11) is 0. The highest BCUT2D eigenvalue weighted by molar-refractivity contribution is 5.98. The third-order valence-electron chi connectivity index (χ3n) is 7.37. The number of likely N-dealkylation sites (tertiary alicyclic amines) is 1. The lowest BCUT2D eigenvalue weighted by Gasteiger charge is -2.36. The Hall–Kier alpha value is -2.19. The number of esters is 1. The maximum Gasteiger partial charge on any atom is 0.312 e. The number of fused-ring (bicyclic) bond motifs is 1. The van der Waals surface area contributed by atoms with E-state index in [0.717, 1.165) is 19.3 Å². The van der Waals surface area contributed by atoms with E-state index in [-0.39, 0.29) is 25.0 Å². The normalized spacial score (nSPS) is 29.2. The summed E-state index contributed by atoms with van der Waals surface area (Å²) in [6.07, 6.45) is 8.60. The van der Waals surface area contributed by atoms with E-state index in [9.17, 15) is 14.4 Å². The molecule has 0 aromatic carbocycles. The summed E-state index contributed by atoms with van der Waals surface area (Å²) < 4.78 is 11.9. The summed E-state index contributed by atoms with van der Waals surface area (Å²) in [5.74, 6) is -2.13. The average Bonchev–Trinajstić information content (AvgIpc) is 3.46. The zero-order valence-corrected chi connectivity index (χ0v) is 20.5. The molecule has 5 atom stereocenters. The van der Waals surface area contributed by atoms with Crippen LogP contribution in [0.2, 0.25) is 0 Å². The van der Waals surface area contributed by atoms with Crippen LogP contribution in [0.5, 0.6) is 0 Å². The molecule has 3 fully saturated rings. The van der Waals surface area contributed by atoms with Crippen molar-refractivity contribution in [2.75, 3.05) is 32.8 Å². The van der Waals surface area contributed by atoms with E-state index in [1.54, 1.807) is 22.0 Å². The lowest BCUT2D eigenvalue weighted by molar-refractivity contribution is -0.155. The van der Waals surface area contributed by atoms with Gasteiger partial charge in [-0.25, -0.2) is 0 Å². The summed E-state index contributed by atoms with van der Waals surface area (Å²) in [6.45, 7) is 11.2. The summed E-state index contributed by atoms with van der Waals surface area (Å²) in [6, 6.07) is -0.757. The van der Waals surface area contributed by atoms with Crippen LogP contribution in [0.3, 0.4) is 0 Å². The number of hydrogen-bond donors (Lipinski definition) is 1. The van der Waals surface area contributed by atoms with E-state index in [1.165, 1.54) is 0 Å². The van der Waals surface area contributed by atoms with Gasteiger partial charge in [-0.05, 0) is 44.9 Å². The molecule has 8 heteroatoms. The topological polar surface area (TPSA) is 96.4 Å². The Balaban J connectivity index is 1.91. The molecule has 2 amide bonds. The largest absolute Gasteiger partial charge is 0.465 e. The van der Waals surface area contributed by atoms with Crippen LogP contribution in [-0.4, -0.2) is 83.3 Å². The van der Waals surface area contributed by atoms with Crippen LogP contribution in [0, 0.1) is 11.8 Å². The van der Waals surface area contributed by atoms with Gasteiger partial charge in [-0.1, -0.05) is 25.5 Å². The van der Waals surface area contributed by atoms with Crippen LogP contribution in [-0.2, 0) is 23.9 Å². The van der Waals surface area contributed by atoms with Crippen LogP contribution in [0.25, 0.3) is 0 Å². The number of rotatable bonds is 15. The molecule has 0 aliphatic carbocycles. The molecule has 1 N–H and O–H groups in total. The van der Waals surface area contributed by atoms with Gasteiger partial charge in [0.2, 0.25) is 11.8 Å². The molecule has 2 bridgehead atoms. The van der Waals surface area contributed by atoms with Crippen molar-refractivity contribution in [3.63, 3.8) is 0 Å². The molecule has 34 heavy (non-hydrogen) atoms. The third-order valence-corrected chi connectivity index (χ3v) is 7.37. The molecule has 190 valence electrons. The second-order valence-corrected chi connectivity index (χ2v) is 9.54. The second kappa shape index (κ2) is 12.0. The minimum atomic E-state index is -0.996. The zero-order valence-electron chi connectivity index (χ0n) is 20.5. The lowest BCUT2D eigenvalue weighted by Crippen LogP contribution is -2.56. The molecule has 0 aromatic rings. The number of aliphatic hydroxyl groups excluding tert-OH is 1. The number of aliphatic hydroxyl groups is 1. The van der Waals surface area contributed by atoms with Crippen LogP contribution in [0.1, 0.15) is 58.3 Å².